The van der Waals surface area contributed by atoms with E-state index in [0.29, 0.717) is 16.8 Å². The molecule has 0 saturated carbocycles. The van der Waals surface area contributed by atoms with Crippen LogP contribution in [0.1, 0.15) is 31.1 Å². The van der Waals surface area contributed by atoms with E-state index in [-0.39, 0.29) is 5.56 Å². The number of hydrogen-bond donors (Lipinski definition) is 0. The van der Waals surface area contributed by atoms with E-state index in [0.717, 1.165) is 4.90 Å². The van der Waals surface area contributed by atoms with Gasteiger partial charge in [-0.2, -0.15) is 0 Å². The number of anilines is 1. The number of methoxy groups -OCH3 is 1. The zero-order valence-electron chi connectivity index (χ0n) is 11.2. The zero-order valence-corrected chi connectivity index (χ0v) is 11.2. The van der Waals surface area contributed by atoms with Gasteiger partial charge in [-0.1, -0.05) is 18.2 Å². The predicted octanol–water partition coefficient (Wildman–Crippen LogP) is 2.27. The Bertz CT molecular complexity index is 731. The monoisotopic (exact) mass is 281 g/mol. The molecule has 3 rings (SSSR count). The highest BCUT2D eigenvalue weighted by molar-refractivity contribution is 6.34. The Kier molecular flexibility index (Phi) is 3.02. The molecule has 0 spiro atoms. The minimum atomic E-state index is -0.520. The van der Waals surface area contributed by atoms with Crippen LogP contribution in [0.4, 0.5) is 5.69 Å². The lowest BCUT2D eigenvalue weighted by Gasteiger charge is -2.14. The SMILES string of the molecule is COC(=O)c1cccc(N2C(=O)c3ccccc3C2=O)c1. The molecular formula is C16H11NO4. The van der Waals surface area contributed by atoms with Gasteiger partial charge in [0.2, 0.25) is 0 Å². The molecule has 1 aliphatic heterocycles. The van der Waals surface area contributed by atoms with Crippen LogP contribution in [-0.2, 0) is 4.74 Å². The van der Waals surface area contributed by atoms with Crippen molar-refractivity contribution in [2.45, 2.75) is 0 Å². The van der Waals surface area contributed by atoms with E-state index in [1.807, 2.05) is 0 Å². The summed E-state index contributed by atoms with van der Waals surface area (Å²) in [6.45, 7) is 0. The maximum absolute atomic E-state index is 12.3. The number of amides is 2. The number of ether oxygens (including phenoxy) is 1. The van der Waals surface area contributed by atoms with Crippen LogP contribution in [-0.4, -0.2) is 24.9 Å². The lowest BCUT2D eigenvalue weighted by atomic mass is 10.1. The number of rotatable bonds is 2. The second-order valence-electron chi connectivity index (χ2n) is 4.53. The van der Waals surface area contributed by atoms with Gasteiger partial charge in [-0.05, 0) is 30.3 Å². The number of imide groups is 1. The van der Waals surface area contributed by atoms with Gasteiger partial charge in [-0.25, -0.2) is 9.69 Å². The summed E-state index contributed by atoms with van der Waals surface area (Å²) in [5.74, 6) is -1.30. The fraction of sp³-hybridized carbons (Fsp3) is 0.0625. The summed E-state index contributed by atoms with van der Waals surface area (Å²) in [5.41, 5.74) is 1.37. The molecule has 0 aromatic heterocycles. The second kappa shape index (κ2) is 4.86. The third-order valence-electron chi connectivity index (χ3n) is 3.32. The van der Waals surface area contributed by atoms with E-state index in [9.17, 15) is 14.4 Å². The highest BCUT2D eigenvalue weighted by atomic mass is 16.5. The number of carbonyl (C=O) groups is 3. The fourth-order valence-electron chi connectivity index (χ4n) is 2.31. The summed E-state index contributed by atoms with van der Waals surface area (Å²) < 4.78 is 4.64. The van der Waals surface area contributed by atoms with Gasteiger partial charge in [0.15, 0.2) is 0 Å². The molecular weight excluding hydrogens is 270 g/mol. The highest BCUT2D eigenvalue weighted by Crippen LogP contribution is 2.28. The molecule has 0 atom stereocenters. The molecule has 5 heteroatoms. The Hall–Kier alpha value is -2.95. The smallest absolute Gasteiger partial charge is 0.337 e. The first-order valence-electron chi connectivity index (χ1n) is 6.29. The van der Waals surface area contributed by atoms with Crippen molar-refractivity contribution in [3.05, 3.63) is 65.2 Å². The average Bonchev–Trinajstić information content (AvgIpc) is 2.78. The number of hydrogen-bond acceptors (Lipinski definition) is 4. The van der Waals surface area contributed by atoms with Crippen LogP contribution in [0.2, 0.25) is 0 Å². The molecule has 1 aliphatic rings. The largest absolute Gasteiger partial charge is 0.465 e. The van der Waals surface area contributed by atoms with Crippen molar-refractivity contribution in [1.29, 1.82) is 0 Å². The molecule has 0 unspecified atom stereocenters. The molecule has 0 radical (unpaired) electrons. The van der Waals surface area contributed by atoms with E-state index in [1.54, 1.807) is 42.5 Å². The van der Waals surface area contributed by atoms with Gasteiger partial charge in [0.05, 0.1) is 29.5 Å². The van der Waals surface area contributed by atoms with Crippen LogP contribution < -0.4 is 4.90 Å². The van der Waals surface area contributed by atoms with Gasteiger partial charge >= 0.3 is 5.97 Å². The molecule has 21 heavy (non-hydrogen) atoms. The minimum Gasteiger partial charge on any atom is -0.465 e. The first kappa shape index (κ1) is 13.1. The van der Waals surface area contributed by atoms with Gasteiger partial charge < -0.3 is 4.74 Å². The number of esters is 1. The third kappa shape index (κ3) is 1.99. The van der Waals surface area contributed by atoms with Crippen LogP contribution in [0, 0.1) is 0 Å². The normalized spacial score (nSPS) is 13.3. The molecule has 0 N–H and O–H groups in total. The Morgan fingerprint density at radius 3 is 2.14 bits per heavy atom. The third-order valence-corrected chi connectivity index (χ3v) is 3.32. The Labute approximate surface area is 120 Å². The van der Waals surface area contributed by atoms with E-state index < -0.39 is 17.8 Å². The molecule has 1 heterocycles. The van der Waals surface area contributed by atoms with Crippen molar-refractivity contribution in [2.24, 2.45) is 0 Å². The molecule has 2 aromatic carbocycles. The van der Waals surface area contributed by atoms with E-state index in [4.69, 9.17) is 0 Å². The first-order valence-corrected chi connectivity index (χ1v) is 6.29. The Morgan fingerprint density at radius 2 is 1.57 bits per heavy atom. The van der Waals surface area contributed by atoms with Gasteiger partial charge in [0.25, 0.3) is 11.8 Å². The number of nitrogens with zero attached hydrogens (tertiary/aromatic N) is 1. The number of fused-ring (bicyclic) bond motifs is 1. The highest BCUT2D eigenvalue weighted by Gasteiger charge is 2.36. The van der Waals surface area contributed by atoms with Crippen molar-refractivity contribution in [1.82, 2.24) is 0 Å². The van der Waals surface area contributed by atoms with E-state index in [2.05, 4.69) is 4.74 Å². The topological polar surface area (TPSA) is 63.7 Å². The molecule has 0 fully saturated rings. The minimum absolute atomic E-state index is 0.284. The van der Waals surface area contributed by atoms with Gasteiger partial charge in [0, 0.05) is 0 Å². The molecule has 0 aliphatic carbocycles. The molecule has 104 valence electrons. The lowest BCUT2D eigenvalue weighted by molar-refractivity contribution is 0.0600. The second-order valence-corrected chi connectivity index (χ2v) is 4.53. The Morgan fingerprint density at radius 1 is 0.952 bits per heavy atom. The summed E-state index contributed by atoms with van der Waals surface area (Å²) in [6.07, 6.45) is 0. The summed E-state index contributed by atoms with van der Waals surface area (Å²) in [4.78, 5) is 37.3. The van der Waals surface area contributed by atoms with Gasteiger partial charge in [0.1, 0.15) is 0 Å². The predicted molar refractivity (Wildman–Crippen MR) is 75.4 cm³/mol. The summed E-state index contributed by atoms with van der Waals surface area (Å²) in [5, 5.41) is 0. The summed E-state index contributed by atoms with van der Waals surface area (Å²) in [7, 11) is 1.27. The number of benzene rings is 2. The Balaban J connectivity index is 2.05. The van der Waals surface area contributed by atoms with Crippen LogP contribution in [0.25, 0.3) is 0 Å². The lowest BCUT2D eigenvalue weighted by Crippen LogP contribution is -2.29. The van der Waals surface area contributed by atoms with Crippen LogP contribution >= 0.6 is 0 Å². The molecule has 5 nitrogen and oxygen atoms in total. The van der Waals surface area contributed by atoms with Gasteiger partial charge in [-0.3, -0.25) is 9.59 Å². The molecule has 0 saturated heterocycles. The van der Waals surface area contributed by atoms with Crippen molar-refractivity contribution in [3.63, 3.8) is 0 Å². The van der Waals surface area contributed by atoms with Crippen molar-refractivity contribution >= 4 is 23.5 Å². The standard InChI is InChI=1S/C16H11NO4/c1-21-16(20)10-5-4-6-11(9-10)17-14(18)12-7-2-3-8-13(12)15(17)19/h2-9H,1H3. The average molecular weight is 281 g/mol. The summed E-state index contributed by atoms with van der Waals surface area (Å²) >= 11 is 0. The van der Waals surface area contributed by atoms with Gasteiger partial charge in [-0.15, -0.1) is 0 Å². The quantitative estimate of drug-likeness (QED) is 0.625. The summed E-state index contributed by atoms with van der Waals surface area (Å²) in [6, 6.07) is 12.9. The van der Waals surface area contributed by atoms with E-state index in [1.165, 1.54) is 13.2 Å². The van der Waals surface area contributed by atoms with Crippen LogP contribution in [0.15, 0.2) is 48.5 Å². The van der Waals surface area contributed by atoms with Crippen LogP contribution in [0.3, 0.4) is 0 Å². The molecule has 0 bridgehead atoms. The van der Waals surface area contributed by atoms with Crippen molar-refractivity contribution in [3.8, 4) is 0 Å². The number of carbonyl (C=O) groups excluding carboxylic acids is 3. The first-order chi connectivity index (χ1) is 10.1. The van der Waals surface area contributed by atoms with Crippen molar-refractivity contribution in [2.75, 3.05) is 12.0 Å². The van der Waals surface area contributed by atoms with E-state index >= 15 is 0 Å². The van der Waals surface area contributed by atoms with Crippen LogP contribution in [0.5, 0.6) is 0 Å². The maximum Gasteiger partial charge on any atom is 0.337 e. The molecule has 2 amide bonds. The zero-order chi connectivity index (χ0) is 15.0. The molecule has 2 aromatic rings. The fourth-order valence-corrected chi connectivity index (χ4v) is 2.31. The van der Waals surface area contributed by atoms with Crippen molar-refractivity contribution < 1.29 is 19.1 Å². The maximum atomic E-state index is 12.3.